The van der Waals surface area contributed by atoms with Crippen molar-refractivity contribution >= 4 is 0 Å². The topological polar surface area (TPSA) is 38.0 Å². The van der Waals surface area contributed by atoms with Gasteiger partial charge in [0.25, 0.3) is 0 Å². The molecule has 1 rings (SSSR count). The second-order valence-electron chi connectivity index (χ2n) is 3.54. The second-order valence-corrected chi connectivity index (χ2v) is 3.54. The van der Waals surface area contributed by atoms with Crippen LogP contribution in [0.15, 0.2) is 36.7 Å². The van der Waals surface area contributed by atoms with E-state index in [1.165, 1.54) is 11.1 Å². The summed E-state index contributed by atoms with van der Waals surface area (Å²) in [5, 5.41) is 3.01. The fraction of sp³-hybridized carbons (Fsp3) is 0.333. The maximum Gasteiger partial charge on any atom is 0.0885 e. The monoisotopic (exact) mass is 190 g/mol. The third-order valence-corrected chi connectivity index (χ3v) is 2.11. The number of nitrogens with one attached hydrogen (secondary N) is 1. The van der Waals surface area contributed by atoms with Crippen LogP contribution in [-0.2, 0) is 6.42 Å². The van der Waals surface area contributed by atoms with Crippen LogP contribution in [0.5, 0.6) is 0 Å². The SMILES string of the molecule is C=C(N)NCCCc1ccc(C)cc1. The van der Waals surface area contributed by atoms with Crippen molar-refractivity contribution in [1.29, 1.82) is 0 Å². The Morgan fingerprint density at radius 3 is 2.57 bits per heavy atom. The maximum absolute atomic E-state index is 5.39. The minimum Gasteiger partial charge on any atom is -0.386 e. The molecule has 0 unspecified atom stereocenters. The van der Waals surface area contributed by atoms with E-state index < -0.39 is 0 Å². The van der Waals surface area contributed by atoms with Gasteiger partial charge in [0.1, 0.15) is 0 Å². The van der Waals surface area contributed by atoms with Gasteiger partial charge in [-0.05, 0) is 25.3 Å². The third-order valence-electron chi connectivity index (χ3n) is 2.11. The van der Waals surface area contributed by atoms with E-state index in [1.807, 2.05) is 0 Å². The molecule has 14 heavy (non-hydrogen) atoms. The molecule has 0 radical (unpaired) electrons. The van der Waals surface area contributed by atoms with Gasteiger partial charge in [0, 0.05) is 6.54 Å². The first kappa shape index (κ1) is 10.6. The Hall–Kier alpha value is -1.44. The summed E-state index contributed by atoms with van der Waals surface area (Å²) in [6, 6.07) is 8.63. The van der Waals surface area contributed by atoms with Gasteiger partial charge in [0.15, 0.2) is 0 Å². The summed E-state index contributed by atoms with van der Waals surface area (Å²) in [5.41, 5.74) is 8.07. The number of hydrogen-bond acceptors (Lipinski definition) is 2. The van der Waals surface area contributed by atoms with Crippen LogP contribution >= 0.6 is 0 Å². The first-order valence-electron chi connectivity index (χ1n) is 4.92. The van der Waals surface area contributed by atoms with Crippen LogP contribution in [0.1, 0.15) is 17.5 Å². The van der Waals surface area contributed by atoms with Crippen LogP contribution in [0.3, 0.4) is 0 Å². The third kappa shape index (κ3) is 3.99. The van der Waals surface area contributed by atoms with Gasteiger partial charge < -0.3 is 11.1 Å². The van der Waals surface area contributed by atoms with Gasteiger partial charge in [-0.25, -0.2) is 0 Å². The van der Waals surface area contributed by atoms with Crippen molar-refractivity contribution < 1.29 is 0 Å². The normalized spacial score (nSPS) is 9.79. The summed E-state index contributed by atoms with van der Waals surface area (Å²) in [5.74, 6) is 0.550. The Bertz CT molecular complexity index is 288. The molecule has 0 aliphatic heterocycles. The largest absolute Gasteiger partial charge is 0.386 e. The molecule has 0 heterocycles. The summed E-state index contributed by atoms with van der Waals surface area (Å²) < 4.78 is 0. The van der Waals surface area contributed by atoms with E-state index in [0.29, 0.717) is 5.82 Å². The van der Waals surface area contributed by atoms with Gasteiger partial charge >= 0.3 is 0 Å². The smallest absolute Gasteiger partial charge is 0.0885 e. The number of benzene rings is 1. The maximum atomic E-state index is 5.39. The van der Waals surface area contributed by atoms with Crippen molar-refractivity contribution in [2.24, 2.45) is 5.73 Å². The first-order valence-corrected chi connectivity index (χ1v) is 4.92. The zero-order valence-corrected chi connectivity index (χ0v) is 8.72. The standard InChI is InChI=1S/C12H18N2/c1-10-5-7-12(8-6-10)4-3-9-14-11(2)13/h5-8,14H,2-4,9,13H2,1H3. The predicted octanol–water partition coefficient (Wildman–Crippen LogP) is 1.95. The molecule has 0 aliphatic carbocycles. The summed E-state index contributed by atoms with van der Waals surface area (Å²) in [7, 11) is 0. The van der Waals surface area contributed by atoms with Crippen LogP contribution in [0, 0.1) is 6.92 Å². The molecule has 2 heteroatoms. The summed E-state index contributed by atoms with van der Waals surface area (Å²) in [4.78, 5) is 0. The average molecular weight is 190 g/mol. The summed E-state index contributed by atoms with van der Waals surface area (Å²) in [6.45, 7) is 6.57. The fourth-order valence-electron chi connectivity index (χ4n) is 1.30. The average Bonchev–Trinajstić information content (AvgIpc) is 2.15. The van der Waals surface area contributed by atoms with E-state index in [-0.39, 0.29) is 0 Å². The predicted molar refractivity (Wildman–Crippen MR) is 60.8 cm³/mol. The van der Waals surface area contributed by atoms with E-state index in [1.54, 1.807) is 0 Å². The highest BCUT2D eigenvalue weighted by Gasteiger charge is 1.92. The molecule has 2 nitrogen and oxygen atoms in total. The van der Waals surface area contributed by atoms with Gasteiger partial charge in [-0.3, -0.25) is 0 Å². The van der Waals surface area contributed by atoms with Crippen LogP contribution in [0.4, 0.5) is 0 Å². The van der Waals surface area contributed by atoms with Crippen molar-refractivity contribution in [2.45, 2.75) is 19.8 Å². The lowest BCUT2D eigenvalue weighted by molar-refractivity contribution is 0.720. The lowest BCUT2D eigenvalue weighted by atomic mass is 10.1. The Kier molecular flexibility index (Phi) is 4.05. The molecule has 1 aromatic carbocycles. The van der Waals surface area contributed by atoms with Crippen LogP contribution in [0.25, 0.3) is 0 Å². The Balaban J connectivity index is 2.25. The molecule has 0 bridgehead atoms. The number of hydrogen-bond donors (Lipinski definition) is 2. The highest BCUT2D eigenvalue weighted by molar-refractivity contribution is 5.21. The van der Waals surface area contributed by atoms with Gasteiger partial charge in [0.05, 0.1) is 5.82 Å². The van der Waals surface area contributed by atoms with Crippen molar-refractivity contribution in [3.05, 3.63) is 47.8 Å². The molecule has 0 saturated carbocycles. The molecule has 0 fully saturated rings. The minimum atomic E-state index is 0.550. The van der Waals surface area contributed by atoms with Gasteiger partial charge in [-0.2, -0.15) is 0 Å². The van der Waals surface area contributed by atoms with Crippen molar-refractivity contribution in [3.63, 3.8) is 0 Å². The molecule has 0 saturated heterocycles. The molecule has 0 aromatic heterocycles. The minimum absolute atomic E-state index is 0.550. The first-order chi connectivity index (χ1) is 6.68. The molecular weight excluding hydrogens is 172 g/mol. The van der Waals surface area contributed by atoms with E-state index >= 15 is 0 Å². The summed E-state index contributed by atoms with van der Waals surface area (Å²) in [6.07, 6.45) is 2.17. The van der Waals surface area contributed by atoms with Crippen LogP contribution < -0.4 is 11.1 Å². The van der Waals surface area contributed by atoms with Crippen molar-refractivity contribution in [3.8, 4) is 0 Å². The Morgan fingerprint density at radius 2 is 2.00 bits per heavy atom. The van der Waals surface area contributed by atoms with Crippen LogP contribution in [0.2, 0.25) is 0 Å². The second kappa shape index (κ2) is 5.32. The number of aryl methyl sites for hydroxylation is 2. The molecule has 76 valence electrons. The van der Waals surface area contributed by atoms with Gasteiger partial charge in [0.2, 0.25) is 0 Å². The molecule has 0 atom stereocenters. The quantitative estimate of drug-likeness (QED) is 0.696. The fourth-order valence-corrected chi connectivity index (χ4v) is 1.30. The Labute approximate surface area is 85.8 Å². The summed E-state index contributed by atoms with van der Waals surface area (Å²) >= 11 is 0. The van der Waals surface area contributed by atoms with Gasteiger partial charge in [-0.15, -0.1) is 0 Å². The van der Waals surface area contributed by atoms with Gasteiger partial charge in [-0.1, -0.05) is 36.4 Å². The van der Waals surface area contributed by atoms with E-state index in [2.05, 4.69) is 43.1 Å². The molecular formula is C12H18N2. The zero-order valence-electron chi connectivity index (χ0n) is 8.72. The molecule has 0 spiro atoms. The molecule has 3 N–H and O–H groups in total. The Morgan fingerprint density at radius 1 is 1.36 bits per heavy atom. The van der Waals surface area contributed by atoms with Crippen LogP contribution in [-0.4, -0.2) is 6.54 Å². The van der Waals surface area contributed by atoms with E-state index in [9.17, 15) is 0 Å². The zero-order chi connectivity index (χ0) is 10.4. The molecule has 0 amide bonds. The molecule has 1 aromatic rings. The lowest BCUT2D eigenvalue weighted by Gasteiger charge is -2.04. The molecule has 0 aliphatic rings. The van der Waals surface area contributed by atoms with E-state index in [0.717, 1.165) is 19.4 Å². The van der Waals surface area contributed by atoms with Crippen molar-refractivity contribution in [1.82, 2.24) is 5.32 Å². The number of rotatable bonds is 5. The van der Waals surface area contributed by atoms with E-state index in [4.69, 9.17) is 5.73 Å². The number of nitrogens with two attached hydrogens (primary N) is 1. The van der Waals surface area contributed by atoms with Crippen molar-refractivity contribution in [2.75, 3.05) is 6.54 Å². The highest BCUT2D eigenvalue weighted by atomic mass is 15.0. The highest BCUT2D eigenvalue weighted by Crippen LogP contribution is 2.05. The lowest BCUT2D eigenvalue weighted by Crippen LogP contribution is -2.20.